The number of nitrogens with two attached hydrogens (primary N) is 2. The molecule has 0 aliphatic rings. The summed E-state index contributed by atoms with van der Waals surface area (Å²) in [7, 11) is 0. The molecule has 0 bridgehead atoms. The van der Waals surface area contributed by atoms with Crippen LogP contribution in [0.4, 0.5) is 0 Å². The van der Waals surface area contributed by atoms with E-state index in [9.17, 15) is 0 Å². The molecule has 1 aromatic rings. The molecule has 0 amide bonds. The Kier molecular flexibility index (Phi) is 2.62. The van der Waals surface area contributed by atoms with Gasteiger partial charge in [0.1, 0.15) is 0 Å². The number of rotatable bonds is 2. The van der Waals surface area contributed by atoms with Crippen molar-refractivity contribution in [2.24, 2.45) is 16.6 Å². The van der Waals surface area contributed by atoms with Crippen molar-refractivity contribution in [3.05, 3.63) is 22.4 Å². The van der Waals surface area contributed by atoms with Crippen LogP contribution >= 0.6 is 11.3 Å². The normalized spacial score (nSPS) is 10.2. The summed E-state index contributed by atoms with van der Waals surface area (Å²) in [5.74, 6) is 0.0257. The van der Waals surface area contributed by atoms with E-state index in [0.717, 1.165) is 4.88 Å². The molecule has 0 fully saturated rings. The predicted octanol–water partition coefficient (Wildman–Crippen LogP) is -1.56. The monoisotopic (exact) mass is 169 g/mol. The van der Waals surface area contributed by atoms with Gasteiger partial charge in [0.2, 0.25) is 6.21 Å². The Morgan fingerprint density at radius 2 is 2.45 bits per heavy atom. The van der Waals surface area contributed by atoms with E-state index in [2.05, 4.69) is 10.2 Å². The highest BCUT2D eigenvalue weighted by atomic mass is 32.1. The first-order chi connectivity index (χ1) is 5.29. The summed E-state index contributed by atoms with van der Waals surface area (Å²) >= 11 is 1.61. The van der Waals surface area contributed by atoms with Crippen LogP contribution in [0, 0.1) is 0 Å². The van der Waals surface area contributed by atoms with Crippen LogP contribution in [0.2, 0.25) is 0 Å². The first-order valence-electron chi connectivity index (χ1n) is 3.00. The van der Waals surface area contributed by atoms with Crippen LogP contribution in [-0.4, -0.2) is 12.2 Å². The maximum atomic E-state index is 5.08. The Hall–Kier alpha value is -1.36. The third-order valence-corrected chi connectivity index (χ3v) is 1.76. The Balaban J connectivity index is 2.56. The summed E-state index contributed by atoms with van der Waals surface area (Å²) in [4.78, 5) is 1.08. The summed E-state index contributed by atoms with van der Waals surface area (Å²) < 4.78 is 0. The van der Waals surface area contributed by atoms with Crippen LogP contribution < -0.4 is 16.6 Å². The van der Waals surface area contributed by atoms with Gasteiger partial charge in [0.05, 0.1) is 4.88 Å². The van der Waals surface area contributed by atoms with Gasteiger partial charge >= 0.3 is 0 Å². The summed E-state index contributed by atoms with van der Waals surface area (Å²) in [5.41, 5.74) is 10.2. The Bertz CT molecular complexity index is 258. The van der Waals surface area contributed by atoms with Crippen molar-refractivity contribution in [1.82, 2.24) is 0 Å². The zero-order chi connectivity index (χ0) is 8.10. The van der Waals surface area contributed by atoms with Crippen molar-refractivity contribution < 1.29 is 5.10 Å². The third kappa shape index (κ3) is 2.81. The number of nitrogens with zero attached hydrogens (tertiary/aromatic N) is 1. The van der Waals surface area contributed by atoms with Crippen molar-refractivity contribution in [2.75, 3.05) is 0 Å². The topological polar surface area (TPSA) is 78.4 Å². The lowest BCUT2D eigenvalue weighted by Gasteiger charge is -1.76. The first-order valence-corrected chi connectivity index (χ1v) is 3.88. The first kappa shape index (κ1) is 7.74. The fourth-order valence-electron chi connectivity index (χ4n) is 0.544. The standard InChI is InChI=1S/C6H8N4S/c7-6(8)10-9-4-5-2-1-3-11-5/h1-4H,(H4,7,8,10)/p+1/b9-4+. The van der Waals surface area contributed by atoms with E-state index in [1.54, 1.807) is 17.6 Å². The second kappa shape index (κ2) is 3.72. The average molecular weight is 169 g/mol. The van der Waals surface area contributed by atoms with Crippen molar-refractivity contribution in [3.63, 3.8) is 0 Å². The van der Waals surface area contributed by atoms with Gasteiger partial charge in [-0.3, -0.25) is 0 Å². The zero-order valence-corrected chi connectivity index (χ0v) is 6.64. The van der Waals surface area contributed by atoms with Gasteiger partial charge < -0.3 is 11.5 Å². The lowest BCUT2D eigenvalue weighted by atomic mass is 10.5. The average Bonchev–Trinajstić information content (AvgIpc) is 2.39. The van der Waals surface area contributed by atoms with E-state index in [-0.39, 0.29) is 5.96 Å². The maximum absolute atomic E-state index is 5.08. The molecular formula is C6H9N4S+. The molecule has 0 aliphatic heterocycles. The smallest absolute Gasteiger partial charge is 0.256 e. The van der Waals surface area contributed by atoms with Crippen molar-refractivity contribution >= 4 is 23.5 Å². The molecule has 11 heavy (non-hydrogen) atoms. The second-order valence-electron chi connectivity index (χ2n) is 1.83. The van der Waals surface area contributed by atoms with Gasteiger partial charge in [0.15, 0.2) is 0 Å². The lowest BCUT2D eigenvalue weighted by molar-refractivity contribution is -0.456. The Labute approximate surface area is 68.2 Å². The molecule has 0 saturated carbocycles. The number of hydrogen-bond donors (Lipinski definition) is 3. The number of hydrogen-bond acceptors (Lipinski definition) is 2. The highest BCUT2D eigenvalue weighted by Gasteiger charge is 1.89. The molecule has 0 atom stereocenters. The molecule has 1 rings (SSSR count). The van der Waals surface area contributed by atoms with Gasteiger partial charge in [-0.15, -0.1) is 16.4 Å². The van der Waals surface area contributed by atoms with Gasteiger partial charge in [-0.05, 0) is 11.4 Å². The molecule has 0 spiro atoms. The Morgan fingerprint density at radius 3 is 3.00 bits per heavy atom. The molecule has 0 saturated heterocycles. The number of guanidine groups is 1. The fourth-order valence-corrected chi connectivity index (χ4v) is 1.14. The maximum Gasteiger partial charge on any atom is 0.256 e. The van der Waals surface area contributed by atoms with E-state index in [4.69, 9.17) is 11.5 Å². The van der Waals surface area contributed by atoms with Gasteiger partial charge in [-0.2, -0.15) is 0 Å². The Morgan fingerprint density at radius 1 is 1.64 bits per heavy atom. The lowest BCUT2D eigenvalue weighted by Crippen LogP contribution is -2.63. The van der Waals surface area contributed by atoms with Crippen LogP contribution in [0.15, 0.2) is 22.6 Å². The van der Waals surface area contributed by atoms with E-state index in [1.807, 2.05) is 17.5 Å². The number of hydrazone groups is 1. The van der Waals surface area contributed by atoms with Crippen LogP contribution in [0.1, 0.15) is 4.88 Å². The van der Waals surface area contributed by atoms with Gasteiger partial charge in [-0.1, -0.05) is 6.07 Å². The second-order valence-corrected chi connectivity index (χ2v) is 2.80. The number of nitrogens with one attached hydrogen (secondary N) is 1. The third-order valence-electron chi connectivity index (χ3n) is 0.944. The quantitative estimate of drug-likeness (QED) is 0.284. The zero-order valence-electron chi connectivity index (χ0n) is 5.82. The fraction of sp³-hybridized carbons (Fsp3) is 0. The molecular weight excluding hydrogens is 160 g/mol. The van der Waals surface area contributed by atoms with Crippen molar-refractivity contribution in [3.8, 4) is 0 Å². The molecule has 58 valence electrons. The molecule has 5 N–H and O–H groups in total. The largest absolute Gasteiger partial charge is 0.365 e. The molecule has 1 heterocycles. The van der Waals surface area contributed by atoms with Crippen LogP contribution in [0.5, 0.6) is 0 Å². The molecule has 1 aromatic heterocycles. The summed E-state index contributed by atoms with van der Waals surface area (Å²) in [5, 5.41) is 8.16. The SMILES string of the molecule is NC(N)=N/[NH+]=C/c1cccs1. The van der Waals surface area contributed by atoms with Crippen molar-refractivity contribution in [1.29, 1.82) is 0 Å². The number of thiophene rings is 1. The molecule has 0 aromatic carbocycles. The van der Waals surface area contributed by atoms with Crippen molar-refractivity contribution in [2.45, 2.75) is 0 Å². The van der Waals surface area contributed by atoms with Gasteiger partial charge in [-0.25, -0.2) is 0 Å². The summed E-state index contributed by atoms with van der Waals surface area (Å²) in [6.45, 7) is 0. The summed E-state index contributed by atoms with van der Waals surface area (Å²) in [6, 6.07) is 3.91. The predicted molar refractivity (Wildman–Crippen MR) is 46.3 cm³/mol. The van der Waals surface area contributed by atoms with Gasteiger partial charge in [0.25, 0.3) is 5.96 Å². The molecule has 0 aliphatic carbocycles. The highest BCUT2D eigenvalue weighted by Crippen LogP contribution is 2.02. The minimum absolute atomic E-state index is 0.0257. The minimum atomic E-state index is 0.0257. The molecule has 0 unspecified atom stereocenters. The minimum Gasteiger partial charge on any atom is -0.365 e. The van der Waals surface area contributed by atoms with Crippen LogP contribution in [0.3, 0.4) is 0 Å². The van der Waals surface area contributed by atoms with E-state index in [0.29, 0.717) is 0 Å². The van der Waals surface area contributed by atoms with E-state index < -0.39 is 0 Å². The van der Waals surface area contributed by atoms with Crippen LogP contribution in [-0.2, 0) is 0 Å². The van der Waals surface area contributed by atoms with Crippen LogP contribution in [0.25, 0.3) is 0 Å². The summed E-state index contributed by atoms with van der Waals surface area (Å²) in [6.07, 6.45) is 1.73. The molecule has 5 heteroatoms. The van der Waals surface area contributed by atoms with E-state index >= 15 is 0 Å². The van der Waals surface area contributed by atoms with Gasteiger partial charge in [0, 0.05) is 5.10 Å². The molecule has 4 nitrogen and oxygen atoms in total. The highest BCUT2D eigenvalue weighted by molar-refractivity contribution is 7.11. The molecule has 0 radical (unpaired) electrons. The van der Waals surface area contributed by atoms with E-state index in [1.165, 1.54) is 0 Å².